The van der Waals surface area contributed by atoms with Crippen molar-refractivity contribution in [3.8, 4) is 5.69 Å². The van der Waals surface area contributed by atoms with Crippen LogP contribution in [0.5, 0.6) is 0 Å². The fraction of sp³-hybridized carbons (Fsp3) is 0.211. The number of benzene rings is 2. The smallest absolute Gasteiger partial charge is 0.251 e. The molecule has 1 fully saturated rings. The molecule has 0 aliphatic carbocycles. The number of anilines is 1. The van der Waals surface area contributed by atoms with Gasteiger partial charge >= 0.3 is 0 Å². The summed E-state index contributed by atoms with van der Waals surface area (Å²) in [6.45, 7) is 1.73. The van der Waals surface area contributed by atoms with E-state index in [-0.39, 0.29) is 11.9 Å². The molecule has 0 bridgehead atoms. The summed E-state index contributed by atoms with van der Waals surface area (Å²) in [5, 5.41) is 10.9. The van der Waals surface area contributed by atoms with Crippen LogP contribution in [0.4, 0.5) is 5.69 Å². The summed E-state index contributed by atoms with van der Waals surface area (Å²) in [6, 6.07) is 15.7. The molecule has 0 radical (unpaired) electrons. The highest BCUT2D eigenvalue weighted by atomic mass is 79.9. The molecule has 2 heterocycles. The molecule has 26 heavy (non-hydrogen) atoms. The predicted molar refractivity (Wildman–Crippen MR) is 104 cm³/mol. The first-order valence-electron chi connectivity index (χ1n) is 8.48. The average Bonchev–Trinajstić information content (AvgIpc) is 3.34. The number of amides is 1. The number of nitrogens with zero attached hydrogens (tertiary/aromatic N) is 4. The second-order valence-electron chi connectivity index (χ2n) is 6.25. The summed E-state index contributed by atoms with van der Waals surface area (Å²) in [7, 11) is 0. The van der Waals surface area contributed by atoms with Crippen molar-refractivity contribution < 1.29 is 4.79 Å². The minimum absolute atomic E-state index is 0.0639. The number of rotatable bonds is 4. The Labute approximate surface area is 159 Å². The SMILES string of the molecule is O=C(NC1CCN(c2ccccc2Br)C1)c1cccc(-n2ccnn2)c1. The van der Waals surface area contributed by atoms with Gasteiger partial charge in [-0.05, 0) is 52.7 Å². The highest BCUT2D eigenvalue weighted by Crippen LogP contribution is 2.28. The topological polar surface area (TPSA) is 63.1 Å². The van der Waals surface area contributed by atoms with Gasteiger partial charge in [-0.1, -0.05) is 23.4 Å². The summed E-state index contributed by atoms with van der Waals surface area (Å²) in [5.74, 6) is -0.0639. The van der Waals surface area contributed by atoms with Gasteiger partial charge in [-0.15, -0.1) is 5.10 Å². The molecular weight excluding hydrogens is 394 g/mol. The minimum atomic E-state index is -0.0639. The molecule has 7 heteroatoms. The van der Waals surface area contributed by atoms with Gasteiger partial charge in [0.2, 0.25) is 0 Å². The minimum Gasteiger partial charge on any atom is -0.368 e. The van der Waals surface area contributed by atoms with Crippen LogP contribution < -0.4 is 10.2 Å². The Morgan fingerprint density at radius 1 is 1.19 bits per heavy atom. The Bertz CT molecular complexity index is 912. The molecule has 1 N–H and O–H groups in total. The van der Waals surface area contributed by atoms with Crippen molar-refractivity contribution in [2.75, 3.05) is 18.0 Å². The van der Waals surface area contributed by atoms with Crippen LogP contribution in [0, 0.1) is 0 Å². The fourth-order valence-electron chi connectivity index (χ4n) is 3.21. The molecule has 1 amide bonds. The third-order valence-corrected chi connectivity index (χ3v) is 5.18. The van der Waals surface area contributed by atoms with Crippen LogP contribution in [0.25, 0.3) is 5.69 Å². The van der Waals surface area contributed by atoms with Gasteiger partial charge in [0.1, 0.15) is 0 Å². The standard InChI is InChI=1S/C19H18BrN5O/c20-17-6-1-2-7-18(17)24-10-8-15(13-24)22-19(26)14-4-3-5-16(12-14)25-11-9-21-23-25/h1-7,9,11-12,15H,8,10,13H2,(H,22,26). The van der Waals surface area contributed by atoms with E-state index in [0.717, 1.165) is 35.4 Å². The normalized spacial score (nSPS) is 16.7. The molecule has 1 aromatic heterocycles. The van der Waals surface area contributed by atoms with Crippen LogP contribution in [0.1, 0.15) is 16.8 Å². The maximum Gasteiger partial charge on any atom is 0.251 e. The van der Waals surface area contributed by atoms with Crippen LogP contribution in [-0.2, 0) is 0 Å². The van der Waals surface area contributed by atoms with Gasteiger partial charge in [-0.3, -0.25) is 4.79 Å². The lowest BCUT2D eigenvalue weighted by Gasteiger charge is -2.20. The van der Waals surface area contributed by atoms with Crippen molar-refractivity contribution in [3.63, 3.8) is 0 Å². The lowest BCUT2D eigenvalue weighted by molar-refractivity contribution is 0.0940. The number of hydrogen-bond donors (Lipinski definition) is 1. The molecule has 1 saturated heterocycles. The van der Waals surface area contributed by atoms with Crippen LogP contribution in [0.3, 0.4) is 0 Å². The monoisotopic (exact) mass is 411 g/mol. The zero-order valence-corrected chi connectivity index (χ0v) is 15.6. The first kappa shape index (κ1) is 16.8. The van der Waals surface area contributed by atoms with Crippen LogP contribution in [0.2, 0.25) is 0 Å². The second kappa shape index (κ2) is 7.29. The number of carbonyl (C=O) groups excluding carboxylic acids is 1. The average molecular weight is 412 g/mol. The summed E-state index contributed by atoms with van der Waals surface area (Å²) in [5.41, 5.74) is 2.60. The molecule has 1 aliphatic rings. The predicted octanol–water partition coefficient (Wildman–Crippen LogP) is 3.04. The molecule has 132 valence electrons. The highest BCUT2D eigenvalue weighted by molar-refractivity contribution is 9.10. The van der Waals surface area contributed by atoms with E-state index in [1.165, 1.54) is 0 Å². The van der Waals surface area contributed by atoms with Gasteiger partial charge in [0, 0.05) is 29.2 Å². The zero-order chi connectivity index (χ0) is 17.9. The number of hydrogen-bond acceptors (Lipinski definition) is 4. The molecular formula is C19H18BrN5O. The van der Waals surface area contributed by atoms with Crippen LogP contribution >= 0.6 is 15.9 Å². The Hall–Kier alpha value is -2.67. The summed E-state index contributed by atoms with van der Waals surface area (Å²) >= 11 is 3.60. The Balaban J connectivity index is 1.43. The molecule has 6 nitrogen and oxygen atoms in total. The van der Waals surface area contributed by atoms with E-state index in [2.05, 4.69) is 42.5 Å². The molecule has 3 aromatic rings. The molecule has 0 spiro atoms. The van der Waals surface area contributed by atoms with E-state index < -0.39 is 0 Å². The van der Waals surface area contributed by atoms with E-state index in [0.29, 0.717) is 5.56 Å². The quantitative estimate of drug-likeness (QED) is 0.716. The van der Waals surface area contributed by atoms with Crippen molar-refractivity contribution in [2.45, 2.75) is 12.5 Å². The number of aromatic nitrogens is 3. The third-order valence-electron chi connectivity index (χ3n) is 4.51. The van der Waals surface area contributed by atoms with Crippen LogP contribution in [-0.4, -0.2) is 40.0 Å². The summed E-state index contributed by atoms with van der Waals surface area (Å²) in [6.07, 6.45) is 4.29. The zero-order valence-electron chi connectivity index (χ0n) is 14.0. The van der Waals surface area contributed by atoms with E-state index in [1.54, 1.807) is 17.1 Å². The van der Waals surface area contributed by atoms with Crippen molar-refractivity contribution in [3.05, 3.63) is 71.0 Å². The number of carbonyl (C=O) groups is 1. The third kappa shape index (κ3) is 3.48. The van der Waals surface area contributed by atoms with Gasteiger partial charge in [-0.25, -0.2) is 4.68 Å². The molecule has 1 aliphatic heterocycles. The lowest BCUT2D eigenvalue weighted by atomic mass is 10.1. The first-order chi connectivity index (χ1) is 12.7. The Morgan fingerprint density at radius 3 is 2.88 bits per heavy atom. The van der Waals surface area contributed by atoms with Crippen molar-refractivity contribution in [2.24, 2.45) is 0 Å². The van der Waals surface area contributed by atoms with Gasteiger partial charge in [-0.2, -0.15) is 0 Å². The van der Waals surface area contributed by atoms with Crippen molar-refractivity contribution >= 4 is 27.5 Å². The Morgan fingerprint density at radius 2 is 2.08 bits per heavy atom. The van der Waals surface area contributed by atoms with Gasteiger partial charge < -0.3 is 10.2 Å². The van der Waals surface area contributed by atoms with Crippen molar-refractivity contribution in [1.82, 2.24) is 20.3 Å². The van der Waals surface area contributed by atoms with E-state index >= 15 is 0 Å². The molecule has 4 rings (SSSR count). The lowest BCUT2D eigenvalue weighted by Crippen LogP contribution is -2.37. The summed E-state index contributed by atoms with van der Waals surface area (Å²) < 4.78 is 2.72. The van der Waals surface area contributed by atoms with Gasteiger partial charge in [0.15, 0.2) is 0 Å². The second-order valence-corrected chi connectivity index (χ2v) is 7.11. The van der Waals surface area contributed by atoms with E-state index in [9.17, 15) is 4.79 Å². The number of para-hydroxylation sites is 1. The first-order valence-corrected chi connectivity index (χ1v) is 9.27. The molecule has 1 unspecified atom stereocenters. The summed E-state index contributed by atoms with van der Waals surface area (Å²) in [4.78, 5) is 14.9. The highest BCUT2D eigenvalue weighted by Gasteiger charge is 2.25. The molecule has 2 aromatic carbocycles. The Kier molecular flexibility index (Phi) is 4.71. The van der Waals surface area contributed by atoms with Crippen molar-refractivity contribution in [1.29, 1.82) is 0 Å². The maximum atomic E-state index is 12.6. The molecule has 0 saturated carbocycles. The number of nitrogens with one attached hydrogen (secondary N) is 1. The number of halogens is 1. The maximum absolute atomic E-state index is 12.6. The van der Waals surface area contributed by atoms with E-state index in [1.807, 2.05) is 42.5 Å². The van der Waals surface area contributed by atoms with Crippen LogP contribution in [0.15, 0.2) is 65.4 Å². The fourth-order valence-corrected chi connectivity index (χ4v) is 3.74. The van der Waals surface area contributed by atoms with E-state index in [4.69, 9.17) is 0 Å². The largest absolute Gasteiger partial charge is 0.368 e. The molecule has 1 atom stereocenters. The van der Waals surface area contributed by atoms with Gasteiger partial charge in [0.05, 0.1) is 23.8 Å². The van der Waals surface area contributed by atoms with Gasteiger partial charge in [0.25, 0.3) is 5.91 Å².